The van der Waals surface area contributed by atoms with Gasteiger partial charge in [0.25, 0.3) is 0 Å². The Balaban J connectivity index is 2.39. The number of anilines is 1. The molecule has 0 bridgehead atoms. The van der Waals surface area contributed by atoms with Crippen LogP contribution >= 0.6 is 11.6 Å². The lowest BCUT2D eigenvalue weighted by Crippen LogP contribution is -2.43. The number of aliphatic hydroxyl groups excluding tert-OH is 1. The summed E-state index contributed by atoms with van der Waals surface area (Å²) in [5.41, 5.74) is 0.863. The van der Waals surface area contributed by atoms with E-state index in [4.69, 9.17) is 21.8 Å². The fraction of sp³-hybridized carbons (Fsp3) is 0.273. The molecule has 21 heavy (non-hydrogen) atoms. The molecular formula is C11H11ClN2O6S. The Kier molecular flexibility index (Phi) is 4.19. The Morgan fingerprint density at radius 3 is 2.71 bits per heavy atom. The van der Waals surface area contributed by atoms with Crippen LogP contribution in [0.4, 0.5) is 5.69 Å². The third-order valence-corrected chi connectivity index (χ3v) is 4.79. The maximum atomic E-state index is 12.1. The normalized spacial score (nSPS) is 15.4. The van der Waals surface area contributed by atoms with Crippen molar-refractivity contribution in [2.75, 3.05) is 11.9 Å². The third kappa shape index (κ3) is 3.16. The molecule has 4 N–H and O–H groups in total. The third-order valence-electron chi connectivity index (χ3n) is 2.85. The predicted molar refractivity (Wildman–Crippen MR) is 72.6 cm³/mol. The first-order valence-corrected chi connectivity index (χ1v) is 7.59. The molecule has 0 saturated carbocycles. The molecule has 1 aromatic carbocycles. The number of carbonyl (C=O) groups excluding carboxylic acids is 1. The highest BCUT2D eigenvalue weighted by Crippen LogP contribution is 2.32. The van der Waals surface area contributed by atoms with Crippen molar-refractivity contribution in [1.82, 2.24) is 4.72 Å². The monoisotopic (exact) mass is 334 g/mol. The fourth-order valence-electron chi connectivity index (χ4n) is 1.85. The standard InChI is InChI=1S/C11H11ClN2O6S/c12-6-3-7-5(2-10(16)13-7)1-9(6)21(19,20)14-8(4-15)11(17)18/h1,3,8,14-15H,2,4H2,(H,13,16)(H,17,18)/t8-/m1/s1. The van der Waals surface area contributed by atoms with Crippen LogP contribution in [0.3, 0.4) is 0 Å². The van der Waals surface area contributed by atoms with E-state index in [0.29, 0.717) is 11.3 Å². The lowest BCUT2D eigenvalue weighted by molar-refractivity contribution is -0.139. The number of benzene rings is 1. The minimum absolute atomic E-state index is 0.0113. The SMILES string of the molecule is O=C1Cc2cc(S(=O)(=O)N[C@H](CO)C(=O)O)c(Cl)cc2N1. The second kappa shape index (κ2) is 5.60. The average Bonchev–Trinajstić information content (AvgIpc) is 2.73. The number of hydrogen-bond donors (Lipinski definition) is 4. The summed E-state index contributed by atoms with van der Waals surface area (Å²) in [6.07, 6.45) is 0.0113. The van der Waals surface area contributed by atoms with Gasteiger partial charge in [-0.1, -0.05) is 11.6 Å². The molecule has 1 heterocycles. The number of hydrogen-bond acceptors (Lipinski definition) is 5. The van der Waals surface area contributed by atoms with Crippen LogP contribution in [-0.2, 0) is 26.0 Å². The molecule has 1 amide bonds. The lowest BCUT2D eigenvalue weighted by atomic mass is 10.2. The topological polar surface area (TPSA) is 133 Å². The highest BCUT2D eigenvalue weighted by atomic mass is 35.5. The maximum absolute atomic E-state index is 12.1. The highest BCUT2D eigenvalue weighted by molar-refractivity contribution is 7.89. The Bertz CT molecular complexity index is 718. The predicted octanol–water partition coefficient (Wildman–Crippen LogP) is -0.442. The van der Waals surface area contributed by atoms with Gasteiger partial charge >= 0.3 is 5.97 Å². The quantitative estimate of drug-likeness (QED) is 0.577. The molecule has 0 saturated heterocycles. The van der Waals surface area contributed by atoms with Crippen molar-refractivity contribution in [3.63, 3.8) is 0 Å². The van der Waals surface area contributed by atoms with Crippen LogP contribution < -0.4 is 10.0 Å². The van der Waals surface area contributed by atoms with Gasteiger partial charge in [-0.25, -0.2) is 8.42 Å². The van der Waals surface area contributed by atoms with Crippen molar-refractivity contribution in [3.05, 3.63) is 22.7 Å². The highest BCUT2D eigenvalue weighted by Gasteiger charge is 2.29. The summed E-state index contributed by atoms with van der Waals surface area (Å²) < 4.78 is 26.1. The van der Waals surface area contributed by atoms with E-state index in [0.717, 1.165) is 0 Å². The number of carboxylic acid groups (broad SMARTS) is 1. The van der Waals surface area contributed by atoms with Crippen LogP contribution in [0.2, 0.25) is 5.02 Å². The van der Waals surface area contributed by atoms with Crippen molar-refractivity contribution in [2.45, 2.75) is 17.4 Å². The van der Waals surface area contributed by atoms with Gasteiger partial charge in [0.15, 0.2) is 0 Å². The number of aliphatic carboxylic acids is 1. The smallest absolute Gasteiger partial charge is 0.324 e. The first kappa shape index (κ1) is 15.7. The zero-order chi connectivity index (χ0) is 15.8. The number of sulfonamides is 1. The van der Waals surface area contributed by atoms with E-state index in [1.165, 1.54) is 12.1 Å². The molecular weight excluding hydrogens is 324 g/mol. The van der Waals surface area contributed by atoms with Gasteiger partial charge in [0, 0.05) is 5.69 Å². The van der Waals surface area contributed by atoms with E-state index in [9.17, 15) is 18.0 Å². The van der Waals surface area contributed by atoms with E-state index in [-0.39, 0.29) is 22.2 Å². The van der Waals surface area contributed by atoms with E-state index < -0.39 is 28.6 Å². The summed E-state index contributed by atoms with van der Waals surface area (Å²) in [5, 5.41) is 20.0. The molecule has 8 nitrogen and oxygen atoms in total. The minimum atomic E-state index is -4.25. The van der Waals surface area contributed by atoms with Crippen LogP contribution in [0.25, 0.3) is 0 Å². The number of carboxylic acids is 1. The summed E-state index contributed by atoms with van der Waals surface area (Å²) >= 11 is 5.87. The number of aliphatic hydroxyl groups is 1. The van der Waals surface area contributed by atoms with Gasteiger partial charge < -0.3 is 15.5 Å². The Labute approximate surface area is 124 Å². The van der Waals surface area contributed by atoms with Crippen molar-refractivity contribution in [3.8, 4) is 0 Å². The van der Waals surface area contributed by atoms with Crippen LogP contribution in [-0.4, -0.2) is 43.2 Å². The van der Waals surface area contributed by atoms with Gasteiger partial charge in [-0.15, -0.1) is 0 Å². The van der Waals surface area contributed by atoms with Gasteiger partial charge in [0.1, 0.15) is 10.9 Å². The largest absolute Gasteiger partial charge is 0.480 e. The first-order valence-electron chi connectivity index (χ1n) is 5.73. The fourth-order valence-corrected chi connectivity index (χ4v) is 3.61. The van der Waals surface area contributed by atoms with E-state index in [1.807, 2.05) is 4.72 Å². The lowest BCUT2D eigenvalue weighted by Gasteiger charge is -2.14. The molecule has 0 radical (unpaired) electrons. The maximum Gasteiger partial charge on any atom is 0.324 e. The van der Waals surface area contributed by atoms with E-state index in [2.05, 4.69) is 5.32 Å². The van der Waals surface area contributed by atoms with Crippen LogP contribution in [0.15, 0.2) is 17.0 Å². The number of rotatable bonds is 5. The minimum Gasteiger partial charge on any atom is -0.480 e. The number of halogens is 1. The van der Waals surface area contributed by atoms with Crippen molar-refractivity contribution in [1.29, 1.82) is 0 Å². The van der Waals surface area contributed by atoms with E-state index in [1.54, 1.807) is 0 Å². The number of nitrogens with one attached hydrogen (secondary N) is 2. The molecule has 10 heteroatoms. The van der Waals surface area contributed by atoms with Crippen LogP contribution in [0.1, 0.15) is 5.56 Å². The van der Waals surface area contributed by atoms with Gasteiger partial charge in [0.05, 0.1) is 18.1 Å². The molecule has 1 aromatic rings. The Morgan fingerprint density at radius 2 is 2.14 bits per heavy atom. The van der Waals surface area contributed by atoms with Crippen molar-refractivity contribution >= 4 is 39.2 Å². The van der Waals surface area contributed by atoms with Crippen molar-refractivity contribution < 1.29 is 28.2 Å². The van der Waals surface area contributed by atoms with Gasteiger partial charge in [0.2, 0.25) is 15.9 Å². The number of fused-ring (bicyclic) bond motifs is 1. The van der Waals surface area contributed by atoms with Crippen LogP contribution in [0, 0.1) is 0 Å². The molecule has 0 aliphatic carbocycles. The van der Waals surface area contributed by atoms with Crippen LogP contribution in [0.5, 0.6) is 0 Å². The molecule has 0 aromatic heterocycles. The van der Waals surface area contributed by atoms with Gasteiger partial charge in [-0.3, -0.25) is 9.59 Å². The second-order valence-corrected chi connectivity index (χ2v) is 6.45. The first-order chi connectivity index (χ1) is 9.74. The summed E-state index contributed by atoms with van der Waals surface area (Å²) in [4.78, 5) is 21.7. The Hall–Kier alpha value is -1.68. The zero-order valence-corrected chi connectivity index (χ0v) is 12.0. The molecule has 114 valence electrons. The molecule has 0 fully saturated rings. The molecule has 0 unspecified atom stereocenters. The summed E-state index contributed by atoms with van der Waals surface area (Å²) in [7, 11) is -4.25. The number of carbonyl (C=O) groups is 2. The molecule has 1 aliphatic rings. The van der Waals surface area contributed by atoms with E-state index >= 15 is 0 Å². The average molecular weight is 335 g/mol. The zero-order valence-electron chi connectivity index (χ0n) is 10.5. The molecule has 2 rings (SSSR count). The second-order valence-electron chi connectivity index (χ2n) is 4.36. The Morgan fingerprint density at radius 1 is 1.48 bits per heavy atom. The molecule has 1 atom stereocenters. The summed E-state index contributed by atoms with van der Waals surface area (Å²) in [5.74, 6) is -1.81. The summed E-state index contributed by atoms with van der Waals surface area (Å²) in [6.45, 7) is -0.906. The number of amides is 1. The van der Waals surface area contributed by atoms with Crippen molar-refractivity contribution in [2.24, 2.45) is 0 Å². The van der Waals surface area contributed by atoms with Gasteiger partial charge in [-0.2, -0.15) is 4.72 Å². The van der Waals surface area contributed by atoms with Gasteiger partial charge in [-0.05, 0) is 17.7 Å². The molecule has 0 spiro atoms. The summed E-state index contributed by atoms with van der Waals surface area (Å²) in [6, 6.07) is 0.804. The molecule has 1 aliphatic heterocycles.